The topological polar surface area (TPSA) is 55.4 Å². The third-order valence-corrected chi connectivity index (χ3v) is 4.90. The molecule has 0 spiro atoms. The molecule has 1 aromatic rings. The quantitative estimate of drug-likeness (QED) is 0.741. The van der Waals surface area contributed by atoms with Gasteiger partial charge in [0.05, 0.1) is 18.6 Å². The molecule has 4 nitrogen and oxygen atoms in total. The zero-order valence-electron chi connectivity index (χ0n) is 13.8. The van der Waals surface area contributed by atoms with E-state index < -0.39 is 13.8 Å². The van der Waals surface area contributed by atoms with Gasteiger partial charge < -0.3 is 4.74 Å². The molecule has 0 aliphatic carbocycles. The van der Waals surface area contributed by atoms with Crippen LogP contribution in [0.5, 0.6) is 5.75 Å². The average Bonchev–Trinajstić information content (AvgIpc) is 2.37. The van der Waals surface area contributed by atoms with Crippen molar-refractivity contribution < 1.29 is 13.2 Å². The molecule has 23 heavy (non-hydrogen) atoms. The van der Waals surface area contributed by atoms with Crippen LogP contribution < -0.4 is 9.46 Å². The first-order valence-electron chi connectivity index (χ1n) is 7.00. The highest BCUT2D eigenvalue weighted by Crippen LogP contribution is 2.42. The van der Waals surface area contributed by atoms with Gasteiger partial charge in [0.2, 0.25) is 10.0 Å². The molecular weight excluding hydrogens is 381 g/mol. The van der Waals surface area contributed by atoms with Gasteiger partial charge in [-0.1, -0.05) is 55.6 Å². The number of anilines is 1. The molecule has 0 bridgehead atoms. The fraction of sp³-hybridized carbons (Fsp3) is 0.600. The Morgan fingerprint density at radius 1 is 1.26 bits per heavy atom. The summed E-state index contributed by atoms with van der Waals surface area (Å²) < 4.78 is 30.3. The van der Waals surface area contributed by atoms with Gasteiger partial charge in [-0.2, -0.15) is 0 Å². The molecular formula is C15H21Cl3NO3S. The van der Waals surface area contributed by atoms with Crippen molar-refractivity contribution in [3.8, 4) is 5.75 Å². The largest absolute Gasteiger partial charge is 0.494 e. The molecule has 8 heteroatoms. The minimum absolute atomic E-state index is 0.0386. The van der Waals surface area contributed by atoms with Crippen molar-refractivity contribution in [2.24, 2.45) is 0 Å². The lowest BCUT2D eigenvalue weighted by atomic mass is 9.82. The third-order valence-electron chi connectivity index (χ3n) is 3.23. The number of methoxy groups -OCH3 is 1. The van der Waals surface area contributed by atoms with E-state index >= 15 is 0 Å². The lowest BCUT2D eigenvalue weighted by Gasteiger charge is -2.28. The van der Waals surface area contributed by atoms with E-state index in [0.29, 0.717) is 5.56 Å². The van der Waals surface area contributed by atoms with Gasteiger partial charge in [-0.25, -0.2) is 8.42 Å². The molecule has 0 saturated heterocycles. The number of halogens is 3. The Bertz CT molecular complexity index is 662. The van der Waals surface area contributed by atoms with Crippen LogP contribution in [0.1, 0.15) is 38.8 Å². The van der Waals surface area contributed by atoms with E-state index in [1.165, 1.54) is 7.11 Å². The molecule has 0 aliphatic rings. The van der Waals surface area contributed by atoms with E-state index in [9.17, 15) is 8.42 Å². The van der Waals surface area contributed by atoms with E-state index in [1.54, 1.807) is 13.0 Å². The zero-order valence-corrected chi connectivity index (χ0v) is 16.8. The fourth-order valence-corrected chi connectivity index (χ4v) is 3.19. The Hall–Kier alpha value is -0.360. The Morgan fingerprint density at radius 2 is 1.83 bits per heavy atom. The van der Waals surface area contributed by atoms with Crippen LogP contribution in [0.15, 0.2) is 6.07 Å². The molecule has 0 aromatic heterocycles. The summed E-state index contributed by atoms with van der Waals surface area (Å²) in [6, 6.07) is 4.70. The summed E-state index contributed by atoms with van der Waals surface area (Å²) in [7, 11) is -2.09. The second-order valence-electron chi connectivity index (χ2n) is 6.14. The van der Waals surface area contributed by atoms with Gasteiger partial charge in [-0.05, 0) is 29.5 Å². The molecule has 0 amide bonds. The first kappa shape index (κ1) is 20.7. The van der Waals surface area contributed by atoms with Crippen LogP contribution in [0, 0.1) is 6.07 Å². The van der Waals surface area contributed by atoms with Crippen LogP contribution >= 0.6 is 34.8 Å². The maximum atomic E-state index is 12.0. The number of sulfonamides is 1. The second kappa shape index (κ2) is 7.26. The van der Waals surface area contributed by atoms with E-state index in [0.717, 1.165) is 5.56 Å². The minimum Gasteiger partial charge on any atom is -0.494 e. The molecule has 0 unspecified atom stereocenters. The van der Waals surface area contributed by atoms with E-state index in [-0.39, 0.29) is 29.0 Å². The molecule has 1 radical (unpaired) electrons. The molecule has 0 aliphatic heterocycles. The number of nitrogens with one attached hydrogen (secondary N) is 1. The molecule has 1 rings (SSSR count). The summed E-state index contributed by atoms with van der Waals surface area (Å²) in [6.07, 6.45) is 0.0386. The number of benzene rings is 1. The number of hydrogen-bond acceptors (Lipinski definition) is 3. The van der Waals surface area contributed by atoms with Gasteiger partial charge >= 0.3 is 0 Å². The van der Waals surface area contributed by atoms with E-state index in [2.05, 4.69) is 10.8 Å². The predicted molar refractivity (Wildman–Crippen MR) is 97.6 cm³/mol. The Morgan fingerprint density at radius 3 is 2.22 bits per heavy atom. The third kappa shape index (κ3) is 5.89. The molecule has 0 atom stereocenters. The maximum Gasteiger partial charge on any atom is 0.232 e. The van der Waals surface area contributed by atoms with Crippen molar-refractivity contribution in [1.82, 2.24) is 0 Å². The lowest BCUT2D eigenvalue weighted by molar-refractivity contribution is 0.414. The first-order valence-corrected chi connectivity index (χ1v) is 9.78. The van der Waals surface area contributed by atoms with Crippen LogP contribution in [0.4, 0.5) is 5.69 Å². The number of ether oxygens (including phenoxy) is 1. The Labute approximate surface area is 153 Å². The van der Waals surface area contributed by atoms with Crippen molar-refractivity contribution in [1.29, 1.82) is 0 Å². The normalized spacial score (nSPS) is 13.0. The molecule has 1 aromatic carbocycles. The van der Waals surface area contributed by atoms with Crippen LogP contribution in [-0.2, 0) is 21.9 Å². The monoisotopic (exact) mass is 400 g/mol. The highest BCUT2D eigenvalue weighted by Gasteiger charge is 2.30. The van der Waals surface area contributed by atoms with Gasteiger partial charge in [0, 0.05) is 12.5 Å². The number of hydrogen-bond donors (Lipinski definition) is 1. The van der Waals surface area contributed by atoms with Crippen molar-refractivity contribution in [3.63, 3.8) is 0 Å². The lowest BCUT2D eigenvalue weighted by Crippen LogP contribution is -2.23. The Kier molecular flexibility index (Phi) is 6.53. The summed E-state index contributed by atoms with van der Waals surface area (Å²) in [6.45, 7) is 7.51. The van der Waals surface area contributed by atoms with Crippen molar-refractivity contribution in [2.75, 3.05) is 17.6 Å². The van der Waals surface area contributed by atoms with Crippen LogP contribution in [0.3, 0.4) is 0 Å². The van der Waals surface area contributed by atoms with E-state index in [1.807, 2.05) is 20.8 Å². The van der Waals surface area contributed by atoms with Crippen molar-refractivity contribution in [3.05, 3.63) is 23.3 Å². The van der Waals surface area contributed by atoms with Crippen molar-refractivity contribution in [2.45, 2.75) is 43.3 Å². The summed E-state index contributed by atoms with van der Waals surface area (Å²) in [5, 5.41) is 0. The Balaban J connectivity index is 3.66. The summed E-state index contributed by atoms with van der Waals surface area (Å²) in [4.78, 5) is 0. The van der Waals surface area contributed by atoms with Crippen LogP contribution in [-0.4, -0.2) is 25.1 Å². The van der Waals surface area contributed by atoms with Crippen molar-refractivity contribution >= 4 is 50.5 Å². The molecule has 131 valence electrons. The van der Waals surface area contributed by atoms with Gasteiger partial charge in [-0.3, -0.25) is 4.72 Å². The number of alkyl halides is 3. The molecule has 0 fully saturated rings. The fourth-order valence-electron chi connectivity index (χ4n) is 2.12. The van der Waals surface area contributed by atoms with Crippen LogP contribution in [0.2, 0.25) is 0 Å². The standard InChI is InChI=1S/C15H21Cl3NO3S/c1-6-23(20,21)19-13-10(9-15(16,17)18)11(14(2,3)4)7-8-12(13)22-5/h7,19H,6,9H2,1-5H3. The van der Waals surface area contributed by atoms with Gasteiger partial charge in [0.15, 0.2) is 9.54 Å². The highest BCUT2D eigenvalue weighted by atomic mass is 35.6. The molecule has 0 saturated carbocycles. The van der Waals surface area contributed by atoms with Gasteiger partial charge in [0.25, 0.3) is 0 Å². The summed E-state index contributed by atoms with van der Waals surface area (Å²) in [5.74, 6) is 0.183. The minimum atomic E-state index is -3.52. The zero-order chi connectivity index (χ0) is 18.1. The highest BCUT2D eigenvalue weighted by molar-refractivity contribution is 7.92. The predicted octanol–water partition coefficient (Wildman–Crippen LogP) is 4.47. The SMILES string of the molecule is CCS(=O)(=O)Nc1c(OC)[c]cc(C(C)(C)C)c1CC(Cl)(Cl)Cl. The van der Waals surface area contributed by atoms with Gasteiger partial charge in [0.1, 0.15) is 0 Å². The second-order valence-corrected chi connectivity index (χ2v) is 10.7. The molecule has 1 N–H and O–H groups in total. The van der Waals surface area contributed by atoms with Gasteiger partial charge in [-0.15, -0.1) is 0 Å². The van der Waals surface area contributed by atoms with E-state index in [4.69, 9.17) is 39.5 Å². The smallest absolute Gasteiger partial charge is 0.232 e. The molecule has 0 heterocycles. The average molecular weight is 402 g/mol. The summed E-state index contributed by atoms with van der Waals surface area (Å²) >= 11 is 17.9. The number of rotatable bonds is 5. The van der Waals surface area contributed by atoms with Crippen LogP contribution in [0.25, 0.3) is 0 Å². The maximum absolute atomic E-state index is 12.0. The summed E-state index contributed by atoms with van der Waals surface area (Å²) in [5.41, 5.74) is 1.40. The first-order chi connectivity index (χ1) is 10.3.